The summed E-state index contributed by atoms with van der Waals surface area (Å²) in [6, 6.07) is 10.4. The summed E-state index contributed by atoms with van der Waals surface area (Å²) in [5.74, 6) is 0.533. The maximum absolute atomic E-state index is 12.3. The van der Waals surface area contributed by atoms with Crippen LogP contribution in [-0.4, -0.2) is 30.6 Å². The van der Waals surface area contributed by atoms with Crippen LogP contribution in [0.1, 0.15) is 42.5 Å². The number of pyridine rings is 1. The molecule has 5 heteroatoms. The van der Waals surface area contributed by atoms with Gasteiger partial charge in [-0.3, -0.25) is 4.98 Å². The summed E-state index contributed by atoms with van der Waals surface area (Å²) in [7, 11) is 0. The van der Waals surface area contributed by atoms with E-state index in [9.17, 15) is 4.79 Å². The van der Waals surface area contributed by atoms with Gasteiger partial charge in [0.15, 0.2) is 0 Å². The van der Waals surface area contributed by atoms with Gasteiger partial charge in [-0.2, -0.15) is 0 Å². The number of urea groups is 1. The molecule has 1 saturated heterocycles. The summed E-state index contributed by atoms with van der Waals surface area (Å²) in [5.41, 5.74) is 4.86. The minimum absolute atomic E-state index is 0.000799. The number of rotatable bonds is 5. The van der Waals surface area contributed by atoms with Crippen LogP contribution in [0, 0.1) is 19.8 Å². The predicted molar refractivity (Wildman–Crippen MR) is 110 cm³/mol. The zero-order valence-corrected chi connectivity index (χ0v) is 16.5. The van der Waals surface area contributed by atoms with Gasteiger partial charge in [-0.1, -0.05) is 23.8 Å². The van der Waals surface area contributed by atoms with Crippen LogP contribution in [0.4, 0.5) is 10.5 Å². The molecular weight excluding hydrogens is 336 g/mol. The summed E-state index contributed by atoms with van der Waals surface area (Å²) >= 11 is 0. The number of piperidine rings is 1. The molecule has 1 aliphatic rings. The zero-order chi connectivity index (χ0) is 19.2. The molecule has 1 aromatic carbocycles. The Hall–Kier alpha value is -2.56. The van der Waals surface area contributed by atoms with E-state index in [1.807, 2.05) is 19.3 Å². The first-order valence-corrected chi connectivity index (χ1v) is 9.79. The molecule has 2 amide bonds. The fourth-order valence-electron chi connectivity index (χ4n) is 3.82. The third-order valence-electron chi connectivity index (χ3n) is 5.43. The first-order chi connectivity index (χ1) is 13.0. The topological polar surface area (TPSA) is 57.3 Å². The minimum Gasteiger partial charge on any atom is -0.371 e. The van der Waals surface area contributed by atoms with E-state index in [2.05, 4.69) is 64.7 Å². The van der Waals surface area contributed by atoms with Crippen LogP contribution in [-0.2, 0) is 0 Å². The van der Waals surface area contributed by atoms with E-state index in [1.54, 1.807) is 0 Å². The van der Waals surface area contributed by atoms with E-state index in [-0.39, 0.29) is 12.1 Å². The normalized spacial score (nSPS) is 16.0. The lowest BCUT2D eigenvalue weighted by atomic mass is 9.96. The van der Waals surface area contributed by atoms with Gasteiger partial charge in [0.25, 0.3) is 0 Å². The molecule has 1 atom stereocenters. The molecule has 1 fully saturated rings. The van der Waals surface area contributed by atoms with Gasteiger partial charge in [0.2, 0.25) is 0 Å². The smallest absolute Gasteiger partial charge is 0.315 e. The number of hydrogen-bond donors (Lipinski definition) is 2. The van der Waals surface area contributed by atoms with Crippen molar-refractivity contribution in [2.45, 2.75) is 39.7 Å². The van der Waals surface area contributed by atoms with Crippen LogP contribution in [0.3, 0.4) is 0 Å². The van der Waals surface area contributed by atoms with E-state index in [0.717, 1.165) is 32.5 Å². The number of carbonyl (C=O) groups excluding carboxylic acids is 1. The maximum atomic E-state index is 12.3. The molecule has 27 heavy (non-hydrogen) atoms. The summed E-state index contributed by atoms with van der Waals surface area (Å²) < 4.78 is 0. The maximum Gasteiger partial charge on any atom is 0.315 e. The molecule has 1 unspecified atom stereocenters. The quantitative estimate of drug-likeness (QED) is 0.842. The van der Waals surface area contributed by atoms with Crippen LogP contribution >= 0.6 is 0 Å². The van der Waals surface area contributed by atoms with Crippen molar-refractivity contribution >= 4 is 11.7 Å². The molecule has 2 heterocycles. The summed E-state index contributed by atoms with van der Waals surface area (Å²) in [6.45, 7) is 8.99. The van der Waals surface area contributed by atoms with Gasteiger partial charge in [0.1, 0.15) is 0 Å². The van der Waals surface area contributed by atoms with Crippen LogP contribution in [0.2, 0.25) is 0 Å². The zero-order valence-electron chi connectivity index (χ0n) is 16.5. The van der Waals surface area contributed by atoms with Gasteiger partial charge in [0.05, 0.1) is 6.04 Å². The van der Waals surface area contributed by atoms with Gasteiger partial charge in [-0.05, 0) is 62.8 Å². The lowest BCUT2D eigenvalue weighted by Crippen LogP contribution is -2.42. The first-order valence-electron chi connectivity index (χ1n) is 9.79. The van der Waals surface area contributed by atoms with Crippen LogP contribution in [0.5, 0.6) is 0 Å². The average Bonchev–Trinajstić information content (AvgIpc) is 2.67. The minimum atomic E-state index is -0.0842. The number of benzene rings is 1. The third-order valence-corrected chi connectivity index (χ3v) is 5.43. The Morgan fingerprint density at radius 3 is 2.56 bits per heavy atom. The van der Waals surface area contributed by atoms with Crippen molar-refractivity contribution in [3.05, 3.63) is 59.4 Å². The number of carbonyl (C=O) groups is 1. The molecule has 0 saturated carbocycles. The monoisotopic (exact) mass is 366 g/mol. The fourth-order valence-corrected chi connectivity index (χ4v) is 3.82. The van der Waals surface area contributed by atoms with Gasteiger partial charge in [-0.25, -0.2) is 4.79 Å². The molecule has 3 rings (SSSR count). The summed E-state index contributed by atoms with van der Waals surface area (Å²) in [5, 5.41) is 6.12. The lowest BCUT2D eigenvalue weighted by molar-refractivity contribution is 0.234. The highest BCUT2D eigenvalue weighted by Gasteiger charge is 2.20. The molecule has 0 radical (unpaired) electrons. The number of anilines is 1. The molecule has 2 N–H and O–H groups in total. The molecule has 1 aromatic heterocycles. The summed E-state index contributed by atoms with van der Waals surface area (Å²) in [4.78, 5) is 18.8. The summed E-state index contributed by atoms with van der Waals surface area (Å²) in [6.07, 6.45) is 5.86. The number of amides is 2. The van der Waals surface area contributed by atoms with Crippen molar-refractivity contribution in [3.8, 4) is 0 Å². The SMILES string of the molecule is Cc1ccc(C(C)NC(=O)NCC2CCN(c3ccncc3)CC2)c(C)c1. The van der Waals surface area contributed by atoms with Crippen molar-refractivity contribution in [2.75, 3.05) is 24.5 Å². The highest BCUT2D eigenvalue weighted by Crippen LogP contribution is 2.22. The van der Waals surface area contributed by atoms with Crippen LogP contribution in [0.15, 0.2) is 42.7 Å². The van der Waals surface area contributed by atoms with E-state index >= 15 is 0 Å². The van der Waals surface area contributed by atoms with E-state index in [0.29, 0.717) is 5.92 Å². The standard InChI is InChI=1S/C22H30N4O/c1-16-4-5-21(17(2)14-16)18(3)25-22(27)24-15-19-8-12-26(13-9-19)20-6-10-23-11-7-20/h4-7,10-11,14,18-19H,8-9,12-13,15H2,1-3H3,(H2,24,25,27). The largest absolute Gasteiger partial charge is 0.371 e. The lowest BCUT2D eigenvalue weighted by Gasteiger charge is -2.33. The predicted octanol–water partition coefficient (Wildman–Crippen LogP) is 3.98. The van der Waals surface area contributed by atoms with Gasteiger partial charge < -0.3 is 15.5 Å². The molecule has 0 spiro atoms. The second-order valence-electron chi connectivity index (χ2n) is 7.57. The molecule has 0 aliphatic carbocycles. The first kappa shape index (κ1) is 19.2. The Bertz CT molecular complexity index is 754. The number of nitrogens with one attached hydrogen (secondary N) is 2. The molecule has 5 nitrogen and oxygen atoms in total. The second-order valence-corrected chi connectivity index (χ2v) is 7.57. The van der Waals surface area contributed by atoms with Crippen molar-refractivity contribution in [1.82, 2.24) is 15.6 Å². The third kappa shape index (κ3) is 5.22. The Morgan fingerprint density at radius 2 is 1.89 bits per heavy atom. The van der Waals surface area contributed by atoms with Crippen molar-refractivity contribution < 1.29 is 4.79 Å². The van der Waals surface area contributed by atoms with E-state index in [1.165, 1.54) is 22.4 Å². The fraction of sp³-hybridized carbons (Fsp3) is 0.455. The molecule has 1 aliphatic heterocycles. The van der Waals surface area contributed by atoms with Gasteiger partial charge in [0, 0.05) is 37.7 Å². The number of hydrogen-bond acceptors (Lipinski definition) is 3. The Morgan fingerprint density at radius 1 is 1.19 bits per heavy atom. The van der Waals surface area contributed by atoms with Crippen LogP contribution in [0.25, 0.3) is 0 Å². The molecular formula is C22H30N4O. The molecule has 144 valence electrons. The second kappa shape index (κ2) is 8.89. The Kier molecular flexibility index (Phi) is 6.32. The highest BCUT2D eigenvalue weighted by molar-refractivity contribution is 5.74. The van der Waals surface area contributed by atoms with Crippen molar-refractivity contribution in [3.63, 3.8) is 0 Å². The molecule has 2 aromatic rings. The average molecular weight is 367 g/mol. The van der Waals surface area contributed by atoms with Crippen molar-refractivity contribution in [2.24, 2.45) is 5.92 Å². The number of nitrogens with zero attached hydrogens (tertiary/aromatic N) is 2. The van der Waals surface area contributed by atoms with Crippen LogP contribution < -0.4 is 15.5 Å². The highest BCUT2D eigenvalue weighted by atomic mass is 16.2. The Balaban J connectivity index is 1.42. The van der Waals surface area contributed by atoms with E-state index in [4.69, 9.17) is 0 Å². The Labute approximate surface area is 162 Å². The number of aromatic nitrogens is 1. The van der Waals surface area contributed by atoms with Crippen molar-refractivity contribution in [1.29, 1.82) is 0 Å². The number of aryl methyl sites for hydroxylation is 2. The molecule has 0 bridgehead atoms. The van der Waals surface area contributed by atoms with E-state index < -0.39 is 0 Å². The van der Waals surface area contributed by atoms with Gasteiger partial charge >= 0.3 is 6.03 Å². The van der Waals surface area contributed by atoms with Gasteiger partial charge in [-0.15, -0.1) is 0 Å².